The molecule has 0 aliphatic carbocycles. The molecule has 19 nitrogen and oxygen atoms in total. The first-order valence-electron chi connectivity index (χ1n) is 36.0. The van der Waals surface area contributed by atoms with E-state index in [2.05, 4.69) is 30.7 Å². The van der Waals surface area contributed by atoms with E-state index in [1.807, 2.05) is 20.8 Å². The largest absolute Gasteiger partial charge is 0.492 e. The van der Waals surface area contributed by atoms with Crippen molar-refractivity contribution >= 4 is 85.9 Å². The Morgan fingerprint density at radius 1 is 0.412 bits per heavy atom. The van der Waals surface area contributed by atoms with Gasteiger partial charge in [-0.25, -0.2) is 67.7 Å². The number of methoxy groups -OCH3 is 2. The summed E-state index contributed by atoms with van der Waals surface area (Å²) in [5, 5.41) is 18.9. The maximum absolute atomic E-state index is 14.6. The summed E-state index contributed by atoms with van der Waals surface area (Å²) in [5.41, 5.74) is 1.22. The Labute approximate surface area is 685 Å². The van der Waals surface area contributed by atoms with Crippen LogP contribution >= 0.6 is 35.3 Å². The molecule has 3 unspecified atom stereocenters. The number of carbonyl (C=O) groups excluding carboxylic acids is 6. The number of nitrogens with one attached hydrogen (secondary N) is 2. The van der Waals surface area contributed by atoms with Crippen LogP contribution in [0.2, 0.25) is 0 Å². The minimum absolute atomic E-state index is 0.133. The van der Waals surface area contributed by atoms with Crippen molar-refractivity contribution in [1.29, 1.82) is 0 Å². The summed E-state index contributed by atoms with van der Waals surface area (Å²) in [4.78, 5) is 76.1. The van der Waals surface area contributed by atoms with E-state index in [1.54, 1.807) is 91.0 Å². The lowest BCUT2D eigenvalue weighted by Gasteiger charge is -2.24. The van der Waals surface area contributed by atoms with E-state index in [-0.39, 0.29) is 77.3 Å². The van der Waals surface area contributed by atoms with Gasteiger partial charge >= 0.3 is 5.97 Å². The maximum atomic E-state index is 14.6. The van der Waals surface area contributed by atoms with Gasteiger partial charge in [0.1, 0.15) is 136 Å². The van der Waals surface area contributed by atoms with Crippen LogP contribution in [0.1, 0.15) is 119 Å². The second kappa shape index (κ2) is 40.1. The van der Waals surface area contributed by atoms with Gasteiger partial charge in [0, 0.05) is 82.9 Å². The molecule has 0 saturated heterocycles. The lowest BCUT2D eigenvalue weighted by atomic mass is 10.1. The number of nitrogens with zero attached hydrogens (tertiary/aromatic N) is 6. The van der Waals surface area contributed by atoms with Crippen molar-refractivity contribution in [2.45, 2.75) is 56.3 Å². The normalized spacial score (nSPS) is 14.7. The fraction of sp³-hybridized carbons (Fsp3) is 0.188. The number of hydrazone groups is 3. The lowest BCUT2D eigenvalue weighted by molar-refractivity contribution is -0.139. The average Bonchev–Trinajstić information content (AvgIpc) is 1.62. The molecule has 10 aromatic carbocycles. The smallest absolute Gasteiger partial charge is 0.309 e. The van der Waals surface area contributed by atoms with E-state index in [1.165, 1.54) is 87.0 Å². The Balaban J connectivity index is 0.000000175. The number of para-hydroxylation sites is 3. The Morgan fingerprint density at radius 2 is 0.756 bits per heavy atom. The summed E-state index contributed by atoms with van der Waals surface area (Å²) in [6.07, 6.45) is 0.882. The van der Waals surface area contributed by atoms with Crippen molar-refractivity contribution in [3.05, 3.63) is 331 Å². The maximum Gasteiger partial charge on any atom is 0.309 e. The van der Waals surface area contributed by atoms with E-state index in [0.717, 1.165) is 67.9 Å². The molecule has 13 rings (SSSR count). The zero-order chi connectivity index (χ0) is 85.3. The van der Waals surface area contributed by atoms with E-state index in [9.17, 15) is 81.5 Å². The van der Waals surface area contributed by atoms with Crippen molar-refractivity contribution in [3.8, 4) is 23.0 Å². The molecule has 2 N–H and O–H groups in total. The molecule has 3 aliphatic heterocycles. The first-order valence-corrected chi connectivity index (χ1v) is 38.6. The van der Waals surface area contributed by atoms with E-state index < -0.39 is 120 Å². The quantitative estimate of drug-likeness (QED) is 0.0402. The zero-order valence-electron chi connectivity index (χ0n) is 63.2. The molecule has 0 fully saturated rings. The minimum atomic E-state index is -1.40. The molecule has 0 spiro atoms. The second-order valence-electron chi connectivity index (χ2n) is 26.3. The molecule has 3 heterocycles. The summed E-state index contributed by atoms with van der Waals surface area (Å²) < 4.78 is 196. The van der Waals surface area contributed by atoms with Gasteiger partial charge in [0.25, 0.3) is 29.5 Å². The molecule has 3 atom stereocenters. The van der Waals surface area contributed by atoms with E-state index in [4.69, 9.17) is 18.9 Å². The van der Waals surface area contributed by atoms with Gasteiger partial charge in [0.05, 0.1) is 20.6 Å². The topological polar surface area (TPSA) is 219 Å². The lowest BCUT2D eigenvalue weighted by Crippen LogP contribution is -2.31. The van der Waals surface area contributed by atoms with Crippen LogP contribution in [0.3, 0.4) is 0 Å². The number of thioether (sulfide) groups is 3. The van der Waals surface area contributed by atoms with Gasteiger partial charge in [-0.15, -0.1) is 0 Å². The highest BCUT2D eigenvalue weighted by molar-refractivity contribution is 8.15. The Bertz CT molecular complexity index is 5460. The van der Waals surface area contributed by atoms with Gasteiger partial charge in [0.15, 0.2) is 24.7 Å². The van der Waals surface area contributed by atoms with Crippen LogP contribution in [0.5, 0.6) is 23.0 Å². The highest BCUT2D eigenvalue weighted by Gasteiger charge is 2.43. The average molecular weight is 1700 g/mol. The van der Waals surface area contributed by atoms with E-state index >= 15 is 0 Å². The van der Waals surface area contributed by atoms with Crippen LogP contribution in [0.15, 0.2) is 215 Å². The standard InChI is InChI=1S/C31H22F4N2O4S.C28H25F4N3O4S.C26H21F4N3O3S/c1-40-27(38)14-18-6-8-19(9-7-18)17-41-26-5-3-2-4-23(26)31-37(30(39)28-24(34)15-22(33)16-25(28)35)36-29(42-31)20-10-12-21(32)13-11-20;1-15(2)13-33-23(36)14-39-22-6-4-5-19(25(22)38-3)28-35(27(37)24-20(31)11-18(30)12-21(24)32)34-26(40-28)16-7-9-17(29)10-8-16;1-2-11-31-22(34)14-36-21-6-4-3-5-18(21)26-33(25(35)23-19(29)12-17(28)13-20(23)30)32-24(37-26)15-7-9-16(27)10-8-15/h2-13,15-16,31H,14,17H2,1H3;4-12,15,28H,13-14H2,1-3H3,(H,33,36);3-10,12-13,26H,2,11,14H2,1H3,(H,31,34). The van der Waals surface area contributed by atoms with E-state index in [0.29, 0.717) is 93.7 Å². The van der Waals surface area contributed by atoms with Crippen molar-refractivity contribution in [2.24, 2.45) is 21.2 Å². The molecule has 0 saturated carbocycles. The van der Waals surface area contributed by atoms with Crippen LogP contribution in [0, 0.1) is 75.7 Å². The van der Waals surface area contributed by atoms with Crippen molar-refractivity contribution in [2.75, 3.05) is 40.5 Å². The first kappa shape index (κ1) is 87.3. The zero-order valence-corrected chi connectivity index (χ0v) is 65.7. The molecular formula is C85H68F12N8O11S3. The number of halogens is 12. The van der Waals surface area contributed by atoms with Crippen LogP contribution in [-0.2, 0) is 32.1 Å². The van der Waals surface area contributed by atoms with Crippen LogP contribution in [-0.4, -0.2) is 106 Å². The molecule has 0 radical (unpaired) electrons. The summed E-state index contributed by atoms with van der Waals surface area (Å²) >= 11 is 3.21. The number of carbonyl (C=O) groups is 6. The molecule has 616 valence electrons. The summed E-state index contributed by atoms with van der Waals surface area (Å²) in [6.45, 7) is 6.28. The fourth-order valence-electron chi connectivity index (χ4n) is 11.6. The first-order chi connectivity index (χ1) is 57.1. The molecule has 0 aromatic heterocycles. The minimum Gasteiger partial charge on any atom is -0.492 e. The number of esters is 1. The molecule has 10 aromatic rings. The van der Waals surface area contributed by atoms with Gasteiger partial charge in [-0.3, -0.25) is 28.8 Å². The number of hydrogen-bond donors (Lipinski definition) is 2. The van der Waals surface area contributed by atoms with Gasteiger partial charge in [-0.05, 0) is 114 Å². The molecule has 119 heavy (non-hydrogen) atoms. The number of amides is 5. The summed E-state index contributed by atoms with van der Waals surface area (Å²) in [6, 6.07) is 43.7. The fourth-order valence-corrected chi connectivity index (χ4v) is 15.1. The van der Waals surface area contributed by atoms with Crippen LogP contribution in [0.4, 0.5) is 52.7 Å². The molecule has 3 aliphatic rings. The summed E-state index contributed by atoms with van der Waals surface area (Å²) in [7, 11) is 2.68. The Hall–Kier alpha value is -12.6. The molecule has 5 amide bonds. The van der Waals surface area contributed by atoms with Gasteiger partial charge in [0.2, 0.25) is 0 Å². The number of benzene rings is 10. The SMILES string of the molecule is CCCNC(=O)COc1ccccc1C1SC(c2ccc(F)cc2)=NN1C(=O)c1c(F)cc(F)cc1F.COC(=O)Cc1ccc(COc2ccccc2C2SC(c3ccc(F)cc3)=NN2C(=O)c2c(F)cc(F)cc2F)cc1.COc1c(OCC(=O)NCC(C)C)cccc1C1SC(c2ccc(F)cc2)=NN1C(=O)c1c(F)cc(F)cc1F. The van der Waals surface area contributed by atoms with Crippen molar-refractivity contribution in [3.63, 3.8) is 0 Å². The Morgan fingerprint density at radius 3 is 1.13 bits per heavy atom. The van der Waals surface area contributed by atoms with Gasteiger partial charge in [-0.1, -0.05) is 129 Å². The van der Waals surface area contributed by atoms with Crippen molar-refractivity contribution < 1.29 is 105 Å². The molecular weight excluding hydrogens is 1630 g/mol. The van der Waals surface area contributed by atoms with Crippen LogP contribution < -0.4 is 29.6 Å². The highest BCUT2D eigenvalue weighted by Crippen LogP contribution is 2.50. The van der Waals surface area contributed by atoms with Crippen LogP contribution in [0.25, 0.3) is 0 Å². The number of hydrogen-bond acceptors (Lipinski definition) is 17. The Kier molecular flexibility index (Phi) is 29.4. The highest BCUT2D eigenvalue weighted by atomic mass is 32.2. The van der Waals surface area contributed by atoms with Crippen molar-refractivity contribution in [1.82, 2.24) is 25.7 Å². The monoisotopic (exact) mass is 1700 g/mol. The predicted octanol–water partition coefficient (Wildman–Crippen LogP) is 17.8. The summed E-state index contributed by atoms with van der Waals surface area (Å²) in [5.74, 6) is -16.5. The third-order valence-corrected chi connectivity index (χ3v) is 21.0. The van der Waals surface area contributed by atoms with Gasteiger partial charge in [-0.2, -0.15) is 15.3 Å². The molecule has 34 heteroatoms. The predicted molar refractivity (Wildman–Crippen MR) is 422 cm³/mol. The number of ether oxygens (including phenoxy) is 5. The second-order valence-corrected chi connectivity index (χ2v) is 29.5. The third kappa shape index (κ3) is 21.8. The third-order valence-electron chi connectivity index (χ3n) is 17.3. The molecule has 0 bridgehead atoms. The van der Waals surface area contributed by atoms with Gasteiger partial charge < -0.3 is 34.3 Å². The number of rotatable bonds is 25.